The molecule has 0 amide bonds. The Balaban J connectivity index is 2.24. The quantitative estimate of drug-likeness (QED) is 0.607. The maximum absolute atomic E-state index is 6.05. The van der Waals surface area contributed by atoms with Crippen molar-refractivity contribution < 1.29 is 0 Å². The van der Waals surface area contributed by atoms with Crippen LogP contribution in [0.1, 0.15) is 19.4 Å². The SMILES string of the molecule is CC(C)NCCNCc1ccc(I)c(Cl)c1. The number of halogens is 2. The van der Waals surface area contributed by atoms with Gasteiger partial charge in [0, 0.05) is 29.2 Å². The second-order valence-electron chi connectivity index (χ2n) is 4.03. The Morgan fingerprint density at radius 2 is 2.06 bits per heavy atom. The molecular formula is C12H18ClIN2. The minimum atomic E-state index is 0.551. The Morgan fingerprint density at radius 3 is 2.69 bits per heavy atom. The summed E-state index contributed by atoms with van der Waals surface area (Å²) in [5.41, 5.74) is 1.23. The van der Waals surface area contributed by atoms with Gasteiger partial charge in [0.15, 0.2) is 0 Å². The van der Waals surface area contributed by atoms with Crippen molar-refractivity contribution in [1.29, 1.82) is 0 Å². The molecule has 90 valence electrons. The van der Waals surface area contributed by atoms with Crippen molar-refractivity contribution in [3.05, 3.63) is 32.4 Å². The molecule has 0 atom stereocenters. The summed E-state index contributed by atoms with van der Waals surface area (Å²) in [6.45, 7) is 7.14. The zero-order chi connectivity index (χ0) is 12.0. The minimum Gasteiger partial charge on any atom is -0.313 e. The number of hydrogen-bond donors (Lipinski definition) is 2. The van der Waals surface area contributed by atoms with E-state index in [1.807, 2.05) is 12.1 Å². The lowest BCUT2D eigenvalue weighted by Gasteiger charge is -2.09. The van der Waals surface area contributed by atoms with Crippen LogP contribution in [0.2, 0.25) is 5.02 Å². The Kier molecular flexibility index (Phi) is 6.65. The molecule has 0 saturated heterocycles. The van der Waals surface area contributed by atoms with E-state index in [4.69, 9.17) is 11.6 Å². The summed E-state index contributed by atoms with van der Waals surface area (Å²) in [5.74, 6) is 0. The summed E-state index contributed by atoms with van der Waals surface area (Å²) < 4.78 is 1.10. The molecule has 0 saturated carbocycles. The number of rotatable bonds is 6. The predicted octanol–water partition coefficient (Wildman–Crippen LogP) is 3.03. The van der Waals surface area contributed by atoms with Crippen LogP contribution < -0.4 is 10.6 Å². The second-order valence-corrected chi connectivity index (χ2v) is 5.60. The molecule has 0 unspecified atom stereocenters. The van der Waals surface area contributed by atoms with E-state index in [2.05, 4.69) is 53.1 Å². The molecule has 0 radical (unpaired) electrons. The van der Waals surface area contributed by atoms with Crippen molar-refractivity contribution in [3.8, 4) is 0 Å². The van der Waals surface area contributed by atoms with Gasteiger partial charge in [0.1, 0.15) is 0 Å². The average molecular weight is 353 g/mol. The van der Waals surface area contributed by atoms with Crippen LogP contribution in [0.15, 0.2) is 18.2 Å². The first-order valence-electron chi connectivity index (χ1n) is 5.47. The van der Waals surface area contributed by atoms with E-state index in [0.717, 1.165) is 28.2 Å². The van der Waals surface area contributed by atoms with Crippen molar-refractivity contribution in [3.63, 3.8) is 0 Å². The number of hydrogen-bond acceptors (Lipinski definition) is 2. The molecule has 1 rings (SSSR count). The van der Waals surface area contributed by atoms with Crippen LogP contribution >= 0.6 is 34.2 Å². The van der Waals surface area contributed by atoms with Gasteiger partial charge in [0.2, 0.25) is 0 Å². The Bertz CT molecular complexity index is 329. The van der Waals surface area contributed by atoms with E-state index < -0.39 is 0 Å². The van der Waals surface area contributed by atoms with Gasteiger partial charge >= 0.3 is 0 Å². The molecule has 1 aromatic carbocycles. The van der Waals surface area contributed by atoms with Gasteiger partial charge in [-0.2, -0.15) is 0 Å². The van der Waals surface area contributed by atoms with Crippen molar-refractivity contribution in [2.45, 2.75) is 26.4 Å². The molecule has 1 aromatic rings. The lowest BCUT2D eigenvalue weighted by Crippen LogP contribution is -2.31. The van der Waals surface area contributed by atoms with Crippen molar-refractivity contribution in [2.24, 2.45) is 0 Å². The highest BCUT2D eigenvalue weighted by atomic mass is 127. The van der Waals surface area contributed by atoms with Crippen LogP contribution in [0.4, 0.5) is 0 Å². The maximum Gasteiger partial charge on any atom is 0.0542 e. The third-order valence-corrected chi connectivity index (χ3v) is 3.74. The zero-order valence-electron chi connectivity index (χ0n) is 9.69. The number of nitrogens with one attached hydrogen (secondary N) is 2. The number of benzene rings is 1. The fraction of sp³-hybridized carbons (Fsp3) is 0.500. The van der Waals surface area contributed by atoms with E-state index in [-0.39, 0.29) is 0 Å². The van der Waals surface area contributed by atoms with Gasteiger partial charge in [-0.1, -0.05) is 31.5 Å². The van der Waals surface area contributed by atoms with Gasteiger partial charge in [-0.15, -0.1) is 0 Å². The van der Waals surface area contributed by atoms with Crippen LogP contribution in [0.3, 0.4) is 0 Å². The third kappa shape index (κ3) is 5.48. The lowest BCUT2D eigenvalue weighted by atomic mass is 10.2. The first kappa shape index (κ1) is 14.2. The normalized spacial score (nSPS) is 11.1. The molecule has 0 aliphatic rings. The smallest absolute Gasteiger partial charge is 0.0542 e. The molecule has 4 heteroatoms. The van der Waals surface area contributed by atoms with E-state index in [1.54, 1.807) is 0 Å². The molecule has 0 fully saturated rings. The highest BCUT2D eigenvalue weighted by molar-refractivity contribution is 14.1. The highest BCUT2D eigenvalue weighted by Gasteiger charge is 1.98. The van der Waals surface area contributed by atoms with Crippen molar-refractivity contribution in [1.82, 2.24) is 10.6 Å². The fourth-order valence-electron chi connectivity index (χ4n) is 1.33. The molecule has 0 heterocycles. The van der Waals surface area contributed by atoms with Crippen LogP contribution in [0, 0.1) is 3.57 Å². The topological polar surface area (TPSA) is 24.1 Å². The molecule has 0 aliphatic heterocycles. The molecule has 2 N–H and O–H groups in total. The molecule has 0 bridgehead atoms. The van der Waals surface area contributed by atoms with Gasteiger partial charge in [-0.3, -0.25) is 0 Å². The van der Waals surface area contributed by atoms with Crippen LogP contribution in [-0.4, -0.2) is 19.1 Å². The predicted molar refractivity (Wildman–Crippen MR) is 79.0 cm³/mol. The van der Waals surface area contributed by atoms with Crippen LogP contribution in [0.25, 0.3) is 0 Å². The minimum absolute atomic E-state index is 0.551. The first-order valence-corrected chi connectivity index (χ1v) is 6.93. The second kappa shape index (κ2) is 7.48. The standard InChI is InChI=1S/C12H18ClIN2/c1-9(2)16-6-5-15-8-10-3-4-12(14)11(13)7-10/h3-4,7,9,15-16H,5-6,8H2,1-2H3. The fourth-order valence-corrected chi connectivity index (χ4v) is 1.87. The van der Waals surface area contributed by atoms with Gasteiger partial charge in [-0.05, 0) is 40.3 Å². The molecule has 2 nitrogen and oxygen atoms in total. The zero-order valence-corrected chi connectivity index (χ0v) is 12.6. The van der Waals surface area contributed by atoms with Crippen molar-refractivity contribution >= 4 is 34.2 Å². The van der Waals surface area contributed by atoms with Gasteiger partial charge < -0.3 is 10.6 Å². The first-order chi connectivity index (χ1) is 7.59. The van der Waals surface area contributed by atoms with E-state index in [1.165, 1.54) is 5.56 Å². The summed E-state index contributed by atoms with van der Waals surface area (Å²) in [7, 11) is 0. The van der Waals surface area contributed by atoms with Gasteiger partial charge in [-0.25, -0.2) is 0 Å². The summed E-state index contributed by atoms with van der Waals surface area (Å²) in [5, 5.41) is 7.58. The largest absolute Gasteiger partial charge is 0.313 e. The van der Waals surface area contributed by atoms with E-state index in [0.29, 0.717) is 6.04 Å². The van der Waals surface area contributed by atoms with Gasteiger partial charge in [0.05, 0.1) is 5.02 Å². The van der Waals surface area contributed by atoms with Gasteiger partial charge in [0.25, 0.3) is 0 Å². The summed E-state index contributed by atoms with van der Waals surface area (Å²) in [6.07, 6.45) is 0. The summed E-state index contributed by atoms with van der Waals surface area (Å²) in [6, 6.07) is 6.73. The van der Waals surface area contributed by atoms with E-state index >= 15 is 0 Å². The third-order valence-electron chi connectivity index (χ3n) is 2.17. The molecule has 16 heavy (non-hydrogen) atoms. The van der Waals surface area contributed by atoms with Crippen LogP contribution in [0.5, 0.6) is 0 Å². The summed E-state index contributed by atoms with van der Waals surface area (Å²) >= 11 is 8.28. The van der Waals surface area contributed by atoms with Crippen molar-refractivity contribution in [2.75, 3.05) is 13.1 Å². The Labute approximate surface area is 116 Å². The maximum atomic E-state index is 6.05. The average Bonchev–Trinajstić information content (AvgIpc) is 2.22. The monoisotopic (exact) mass is 352 g/mol. The lowest BCUT2D eigenvalue weighted by molar-refractivity contribution is 0.555. The molecular weight excluding hydrogens is 335 g/mol. The molecule has 0 spiro atoms. The summed E-state index contributed by atoms with van der Waals surface area (Å²) in [4.78, 5) is 0. The highest BCUT2D eigenvalue weighted by Crippen LogP contribution is 2.19. The molecule has 0 aliphatic carbocycles. The Hall–Kier alpha value is 0.160. The van der Waals surface area contributed by atoms with Crippen LogP contribution in [-0.2, 0) is 6.54 Å². The Morgan fingerprint density at radius 1 is 1.31 bits per heavy atom. The van der Waals surface area contributed by atoms with E-state index in [9.17, 15) is 0 Å². The molecule has 0 aromatic heterocycles.